The van der Waals surface area contributed by atoms with E-state index in [-0.39, 0.29) is 0 Å². The smallest absolute Gasteiger partial charge is 0.123 e. The van der Waals surface area contributed by atoms with Crippen molar-refractivity contribution in [2.45, 2.75) is 33.6 Å². The highest BCUT2D eigenvalue weighted by atomic mass is 16.3. The van der Waals surface area contributed by atoms with Crippen molar-refractivity contribution >= 4 is 11.3 Å². The monoisotopic (exact) mass is 292 g/mol. The third kappa shape index (κ3) is 4.11. The highest BCUT2D eigenvalue weighted by molar-refractivity contribution is 5.81. The Morgan fingerprint density at radius 1 is 0.909 bits per heavy atom. The zero-order valence-corrected chi connectivity index (χ0v) is 13.6. The van der Waals surface area contributed by atoms with E-state index in [2.05, 4.69) is 44.2 Å². The molecule has 114 valence electrons. The van der Waals surface area contributed by atoms with Crippen LogP contribution in [0, 0.1) is 6.92 Å². The van der Waals surface area contributed by atoms with Crippen LogP contribution < -0.4 is 0 Å². The normalized spacial score (nSPS) is 12.5. The summed E-state index contributed by atoms with van der Waals surface area (Å²) in [6, 6.07) is 16.5. The van der Waals surface area contributed by atoms with Gasteiger partial charge in [-0.25, -0.2) is 0 Å². The second-order valence-corrected chi connectivity index (χ2v) is 5.51. The van der Waals surface area contributed by atoms with Crippen molar-refractivity contribution in [3.05, 3.63) is 82.9 Å². The van der Waals surface area contributed by atoms with Gasteiger partial charge in [-0.2, -0.15) is 0 Å². The van der Waals surface area contributed by atoms with E-state index < -0.39 is 0 Å². The van der Waals surface area contributed by atoms with Crippen LogP contribution in [0.5, 0.6) is 0 Å². The second-order valence-electron chi connectivity index (χ2n) is 5.51. The Hall–Kier alpha value is -2.28. The number of hydrogen-bond donors (Lipinski definition) is 1. The summed E-state index contributed by atoms with van der Waals surface area (Å²) in [4.78, 5) is 0. The Kier molecular flexibility index (Phi) is 5.60. The molecule has 0 amide bonds. The van der Waals surface area contributed by atoms with Gasteiger partial charge in [-0.05, 0) is 42.5 Å². The largest absolute Gasteiger partial charge is 0.507 e. The second kappa shape index (κ2) is 7.65. The van der Waals surface area contributed by atoms with Crippen LogP contribution in [0.3, 0.4) is 0 Å². The molecule has 2 aromatic carbocycles. The molecule has 2 rings (SSSR count). The molecule has 0 atom stereocenters. The van der Waals surface area contributed by atoms with Crippen LogP contribution in [0.15, 0.2) is 60.7 Å². The molecule has 0 radical (unpaired) electrons. The molecule has 0 aliphatic carbocycles. The quantitative estimate of drug-likeness (QED) is 0.533. The molecule has 1 heteroatoms. The lowest BCUT2D eigenvalue weighted by atomic mass is 10.00. The van der Waals surface area contributed by atoms with Crippen LogP contribution in [0.2, 0.25) is 0 Å². The minimum absolute atomic E-state index is 0.305. The molecule has 0 bridgehead atoms. The SMILES string of the molecule is CC/C=C(\C=C(/O)c1ccc(C)cc1)c1ccc(CC)cc1. The van der Waals surface area contributed by atoms with Gasteiger partial charge in [0.25, 0.3) is 0 Å². The van der Waals surface area contributed by atoms with Crippen molar-refractivity contribution in [1.82, 2.24) is 0 Å². The first kappa shape index (κ1) is 16.1. The Labute approximate surface area is 133 Å². The van der Waals surface area contributed by atoms with Gasteiger partial charge in [-0.3, -0.25) is 0 Å². The fourth-order valence-corrected chi connectivity index (χ4v) is 2.37. The summed E-state index contributed by atoms with van der Waals surface area (Å²) in [6.07, 6.45) is 5.97. The summed E-state index contributed by atoms with van der Waals surface area (Å²) in [7, 11) is 0. The van der Waals surface area contributed by atoms with Crippen molar-refractivity contribution in [3.8, 4) is 0 Å². The van der Waals surface area contributed by atoms with Crippen molar-refractivity contribution in [3.63, 3.8) is 0 Å². The van der Waals surface area contributed by atoms with Gasteiger partial charge in [-0.15, -0.1) is 0 Å². The summed E-state index contributed by atoms with van der Waals surface area (Å²) in [5.74, 6) is 0.305. The van der Waals surface area contributed by atoms with E-state index in [1.165, 1.54) is 11.1 Å². The van der Waals surface area contributed by atoms with Crippen LogP contribution in [-0.4, -0.2) is 5.11 Å². The van der Waals surface area contributed by atoms with Crippen LogP contribution >= 0.6 is 0 Å². The zero-order valence-electron chi connectivity index (χ0n) is 13.6. The number of aryl methyl sites for hydroxylation is 2. The molecule has 0 saturated heterocycles. The summed E-state index contributed by atoms with van der Waals surface area (Å²) >= 11 is 0. The number of benzene rings is 2. The summed E-state index contributed by atoms with van der Waals surface area (Å²) < 4.78 is 0. The lowest BCUT2D eigenvalue weighted by molar-refractivity contribution is 0.512. The van der Waals surface area contributed by atoms with Crippen molar-refractivity contribution in [2.75, 3.05) is 0 Å². The van der Waals surface area contributed by atoms with Gasteiger partial charge >= 0.3 is 0 Å². The number of rotatable bonds is 5. The van der Waals surface area contributed by atoms with Gasteiger partial charge in [0.1, 0.15) is 5.76 Å². The standard InChI is InChI=1S/C21H24O/c1-4-6-20(18-13-9-17(5-2)10-14-18)15-21(22)19-11-7-16(3)8-12-19/h6-15,22H,4-5H2,1-3H3/b20-6+,21-15-. The third-order valence-corrected chi connectivity index (χ3v) is 3.76. The zero-order chi connectivity index (χ0) is 15.9. The van der Waals surface area contributed by atoms with Crippen LogP contribution in [0.25, 0.3) is 11.3 Å². The first-order valence-corrected chi connectivity index (χ1v) is 7.91. The highest BCUT2D eigenvalue weighted by Crippen LogP contribution is 2.22. The number of hydrogen-bond acceptors (Lipinski definition) is 1. The van der Waals surface area contributed by atoms with Gasteiger partial charge in [-0.1, -0.05) is 74.0 Å². The molecule has 0 heterocycles. The van der Waals surface area contributed by atoms with Gasteiger partial charge in [0.05, 0.1) is 0 Å². The van der Waals surface area contributed by atoms with Crippen LogP contribution in [-0.2, 0) is 6.42 Å². The summed E-state index contributed by atoms with van der Waals surface area (Å²) in [6.45, 7) is 6.31. The molecule has 22 heavy (non-hydrogen) atoms. The first-order valence-electron chi connectivity index (χ1n) is 7.91. The average molecular weight is 292 g/mol. The van der Waals surface area contributed by atoms with E-state index >= 15 is 0 Å². The van der Waals surface area contributed by atoms with E-state index in [0.717, 1.165) is 29.5 Å². The van der Waals surface area contributed by atoms with E-state index in [0.29, 0.717) is 5.76 Å². The minimum Gasteiger partial charge on any atom is -0.507 e. The molecule has 2 aromatic rings. The first-order chi connectivity index (χ1) is 10.6. The Morgan fingerprint density at radius 3 is 2.05 bits per heavy atom. The minimum atomic E-state index is 0.305. The van der Waals surface area contributed by atoms with E-state index in [4.69, 9.17) is 0 Å². The summed E-state index contributed by atoms with van der Waals surface area (Å²) in [5.41, 5.74) is 5.56. The van der Waals surface area contributed by atoms with Gasteiger partial charge in [0, 0.05) is 5.56 Å². The fraction of sp³-hybridized carbons (Fsp3) is 0.238. The Balaban J connectivity index is 2.33. The molecule has 0 fully saturated rings. The fourth-order valence-electron chi connectivity index (χ4n) is 2.37. The van der Waals surface area contributed by atoms with Crippen molar-refractivity contribution in [1.29, 1.82) is 0 Å². The van der Waals surface area contributed by atoms with Gasteiger partial charge in [0.2, 0.25) is 0 Å². The van der Waals surface area contributed by atoms with Crippen molar-refractivity contribution in [2.24, 2.45) is 0 Å². The van der Waals surface area contributed by atoms with Gasteiger partial charge in [0.15, 0.2) is 0 Å². The number of aliphatic hydroxyl groups is 1. The molecule has 0 aliphatic rings. The molecule has 1 N–H and O–H groups in total. The summed E-state index contributed by atoms with van der Waals surface area (Å²) in [5, 5.41) is 10.4. The number of aliphatic hydroxyl groups excluding tert-OH is 1. The molecule has 0 aliphatic heterocycles. The molecular formula is C21H24O. The van der Waals surface area contributed by atoms with E-state index in [9.17, 15) is 5.11 Å². The van der Waals surface area contributed by atoms with Crippen molar-refractivity contribution < 1.29 is 5.11 Å². The van der Waals surface area contributed by atoms with E-state index in [1.54, 1.807) is 0 Å². The Morgan fingerprint density at radius 2 is 1.50 bits per heavy atom. The number of allylic oxidation sites excluding steroid dienone is 3. The van der Waals surface area contributed by atoms with Crippen LogP contribution in [0.4, 0.5) is 0 Å². The lowest BCUT2D eigenvalue weighted by Gasteiger charge is -2.07. The lowest BCUT2D eigenvalue weighted by Crippen LogP contribution is -1.88. The predicted octanol–water partition coefficient (Wildman–Crippen LogP) is 5.95. The molecule has 1 nitrogen and oxygen atoms in total. The average Bonchev–Trinajstić information content (AvgIpc) is 2.55. The molecule has 0 unspecified atom stereocenters. The van der Waals surface area contributed by atoms with E-state index in [1.807, 2.05) is 37.3 Å². The van der Waals surface area contributed by atoms with Crippen LogP contribution in [0.1, 0.15) is 42.5 Å². The maximum absolute atomic E-state index is 10.4. The molecule has 0 aromatic heterocycles. The molecular weight excluding hydrogens is 268 g/mol. The topological polar surface area (TPSA) is 20.2 Å². The van der Waals surface area contributed by atoms with Gasteiger partial charge < -0.3 is 5.11 Å². The Bertz CT molecular complexity index is 658. The molecule has 0 saturated carbocycles. The third-order valence-electron chi connectivity index (χ3n) is 3.76. The maximum atomic E-state index is 10.4. The predicted molar refractivity (Wildman–Crippen MR) is 95.9 cm³/mol. The molecule has 0 spiro atoms. The highest BCUT2D eigenvalue weighted by Gasteiger charge is 2.03. The maximum Gasteiger partial charge on any atom is 0.123 e.